The van der Waals surface area contributed by atoms with E-state index < -0.39 is 6.10 Å². The van der Waals surface area contributed by atoms with E-state index in [1.54, 1.807) is 21.1 Å². The van der Waals surface area contributed by atoms with Crippen LogP contribution < -0.4 is 20.1 Å². The Morgan fingerprint density at radius 2 is 2.19 bits per heavy atom. The number of hydrogen-bond donors (Lipinski definition) is 2. The smallest absolute Gasteiger partial charge is 0.260 e. The lowest BCUT2D eigenvalue weighted by Gasteiger charge is -2.18. The molecule has 6 heteroatoms. The van der Waals surface area contributed by atoms with Crippen LogP contribution >= 0.6 is 11.6 Å². The van der Waals surface area contributed by atoms with Crippen molar-refractivity contribution in [3.8, 4) is 11.5 Å². The van der Waals surface area contributed by atoms with Crippen LogP contribution in [0.3, 0.4) is 0 Å². The van der Waals surface area contributed by atoms with Gasteiger partial charge in [-0.15, -0.1) is 0 Å². The third kappa shape index (κ3) is 4.25. The molecule has 1 aliphatic carbocycles. The van der Waals surface area contributed by atoms with Gasteiger partial charge < -0.3 is 20.1 Å². The molecule has 0 spiro atoms. The van der Waals surface area contributed by atoms with Crippen molar-refractivity contribution >= 4 is 17.5 Å². The topological polar surface area (TPSA) is 59.6 Å². The summed E-state index contributed by atoms with van der Waals surface area (Å²) in [5, 5.41) is 6.40. The summed E-state index contributed by atoms with van der Waals surface area (Å²) in [5.74, 6) is 0.712. The minimum atomic E-state index is -0.642. The Hall–Kier alpha value is -1.46. The first-order valence-electron chi connectivity index (χ1n) is 7.03. The predicted octanol–water partition coefficient (Wildman–Crippen LogP) is 2.11. The van der Waals surface area contributed by atoms with Gasteiger partial charge in [-0.2, -0.15) is 0 Å². The molecule has 0 saturated heterocycles. The Morgan fingerprint density at radius 3 is 2.76 bits per heavy atom. The second-order valence-corrected chi connectivity index (χ2v) is 5.55. The third-order valence-corrected chi connectivity index (χ3v) is 3.65. The Morgan fingerprint density at radius 1 is 1.48 bits per heavy atom. The number of halogens is 1. The minimum Gasteiger partial charge on any atom is -0.493 e. The first-order valence-corrected chi connectivity index (χ1v) is 7.41. The van der Waals surface area contributed by atoms with Crippen molar-refractivity contribution in [3.63, 3.8) is 0 Å². The van der Waals surface area contributed by atoms with Crippen molar-refractivity contribution in [2.45, 2.75) is 38.5 Å². The van der Waals surface area contributed by atoms with Gasteiger partial charge in [0.25, 0.3) is 5.91 Å². The maximum atomic E-state index is 11.5. The Balaban J connectivity index is 2.13. The van der Waals surface area contributed by atoms with Crippen LogP contribution in [-0.2, 0) is 11.3 Å². The van der Waals surface area contributed by atoms with Crippen molar-refractivity contribution in [3.05, 3.63) is 22.7 Å². The summed E-state index contributed by atoms with van der Waals surface area (Å²) in [4.78, 5) is 11.5. The summed E-state index contributed by atoms with van der Waals surface area (Å²) in [6, 6.07) is 4.34. The normalized spacial score (nSPS) is 15.4. The van der Waals surface area contributed by atoms with Crippen molar-refractivity contribution in [1.29, 1.82) is 0 Å². The molecule has 1 fully saturated rings. The number of nitrogens with one attached hydrogen (secondary N) is 2. The van der Waals surface area contributed by atoms with Gasteiger partial charge in [0.1, 0.15) is 0 Å². The van der Waals surface area contributed by atoms with Crippen LogP contribution in [0.25, 0.3) is 0 Å². The van der Waals surface area contributed by atoms with E-state index in [9.17, 15) is 4.79 Å². The molecule has 0 aliphatic heterocycles. The molecule has 1 aliphatic rings. The van der Waals surface area contributed by atoms with Crippen LogP contribution in [0.5, 0.6) is 11.5 Å². The highest BCUT2D eigenvalue weighted by Gasteiger charge is 2.22. The number of benzene rings is 1. The minimum absolute atomic E-state index is 0.215. The van der Waals surface area contributed by atoms with Gasteiger partial charge in [-0.1, -0.05) is 11.6 Å². The standard InChI is InChI=1S/C15H21ClN2O3/c1-9(15(19)17-2)21-14-12(16)6-10(7-13(14)20-3)8-18-11-4-5-11/h6-7,9,11,18H,4-5,8H2,1-3H3,(H,17,19). The van der Waals surface area contributed by atoms with E-state index in [1.165, 1.54) is 12.8 Å². The number of hydrogen-bond acceptors (Lipinski definition) is 4. The molecule has 1 atom stereocenters. The zero-order chi connectivity index (χ0) is 15.4. The highest BCUT2D eigenvalue weighted by molar-refractivity contribution is 6.32. The maximum Gasteiger partial charge on any atom is 0.260 e. The monoisotopic (exact) mass is 312 g/mol. The Kier molecular flexibility index (Phi) is 5.31. The quantitative estimate of drug-likeness (QED) is 0.809. The number of methoxy groups -OCH3 is 1. The molecule has 1 amide bonds. The fourth-order valence-electron chi connectivity index (χ4n) is 1.97. The molecule has 1 aromatic carbocycles. The molecule has 0 bridgehead atoms. The van der Waals surface area contributed by atoms with Crippen LogP contribution in [0.2, 0.25) is 5.02 Å². The first-order chi connectivity index (χ1) is 10.0. The predicted molar refractivity (Wildman–Crippen MR) is 82.0 cm³/mol. The van der Waals surface area contributed by atoms with Crippen molar-refractivity contribution in [2.24, 2.45) is 0 Å². The molecular formula is C15H21ClN2O3. The van der Waals surface area contributed by atoms with E-state index in [4.69, 9.17) is 21.1 Å². The van der Waals surface area contributed by atoms with Crippen molar-refractivity contribution < 1.29 is 14.3 Å². The van der Waals surface area contributed by atoms with Gasteiger partial charge in [-0.05, 0) is 37.5 Å². The number of carbonyl (C=O) groups excluding carboxylic acids is 1. The second kappa shape index (κ2) is 7.00. The van der Waals surface area contributed by atoms with Crippen LogP contribution in [0.15, 0.2) is 12.1 Å². The third-order valence-electron chi connectivity index (χ3n) is 3.37. The van der Waals surface area contributed by atoms with E-state index in [2.05, 4.69) is 10.6 Å². The zero-order valence-corrected chi connectivity index (χ0v) is 13.3. The lowest BCUT2D eigenvalue weighted by Crippen LogP contribution is -2.33. The summed E-state index contributed by atoms with van der Waals surface area (Å²) >= 11 is 6.27. The zero-order valence-electron chi connectivity index (χ0n) is 12.5. The fraction of sp³-hybridized carbons (Fsp3) is 0.533. The molecule has 0 heterocycles. The van der Waals surface area contributed by atoms with Crippen LogP contribution in [-0.4, -0.2) is 32.2 Å². The summed E-state index contributed by atoms with van der Waals surface area (Å²) in [5.41, 5.74) is 1.03. The molecule has 1 saturated carbocycles. The van der Waals surface area contributed by atoms with Gasteiger partial charge in [0.05, 0.1) is 12.1 Å². The molecule has 2 N–H and O–H groups in total. The molecule has 2 rings (SSSR count). The molecule has 5 nitrogen and oxygen atoms in total. The molecule has 1 unspecified atom stereocenters. The van der Waals surface area contributed by atoms with Gasteiger partial charge in [0.2, 0.25) is 0 Å². The molecule has 116 valence electrons. The highest BCUT2D eigenvalue weighted by atomic mass is 35.5. The average Bonchev–Trinajstić information content (AvgIpc) is 3.30. The van der Waals surface area contributed by atoms with E-state index >= 15 is 0 Å². The van der Waals surface area contributed by atoms with E-state index in [-0.39, 0.29) is 5.91 Å². The highest BCUT2D eigenvalue weighted by Crippen LogP contribution is 2.37. The van der Waals surface area contributed by atoms with Crippen molar-refractivity contribution in [2.75, 3.05) is 14.2 Å². The summed E-state index contributed by atoms with van der Waals surface area (Å²) in [7, 11) is 3.12. The van der Waals surface area contributed by atoms with Gasteiger partial charge in [-0.25, -0.2) is 0 Å². The number of likely N-dealkylation sites (N-methyl/N-ethyl adjacent to an activating group) is 1. The molecule has 0 radical (unpaired) electrons. The number of amides is 1. The van der Waals surface area contributed by atoms with E-state index in [0.29, 0.717) is 22.6 Å². The fourth-order valence-corrected chi connectivity index (χ4v) is 2.25. The Bertz CT molecular complexity index is 518. The molecule has 1 aromatic rings. The lowest BCUT2D eigenvalue weighted by molar-refractivity contribution is -0.126. The summed E-state index contributed by atoms with van der Waals surface area (Å²) in [6.07, 6.45) is 1.82. The number of carbonyl (C=O) groups is 1. The van der Waals surface area contributed by atoms with E-state index in [1.807, 2.05) is 12.1 Å². The maximum absolute atomic E-state index is 11.5. The summed E-state index contributed by atoms with van der Waals surface area (Å²) in [6.45, 7) is 2.41. The van der Waals surface area contributed by atoms with Crippen molar-refractivity contribution in [1.82, 2.24) is 10.6 Å². The van der Waals surface area contributed by atoms with Gasteiger partial charge in [0, 0.05) is 19.6 Å². The Labute approximate surface area is 130 Å². The first kappa shape index (κ1) is 15.9. The molecule has 0 aromatic heterocycles. The van der Waals surface area contributed by atoms with Gasteiger partial charge >= 0.3 is 0 Å². The molecular weight excluding hydrogens is 292 g/mol. The SMILES string of the molecule is CNC(=O)C(C)Oc1c(Cl)cc(CNC2CC2)cc1OC. The summed E-state index contributed by atoms with van der Waals surface area (Å²) < 4.78 is 11.0. The average molecular weight is 313 g/mol. The number of ether oxygens (including phenoxy) is 2. The largest absolute Gasteiger partial charge is 0.493 e. The number of rotatable bonds is 7. The lowest BCUT2D eigenvalue weighted by atomic mass is 10.2. The molecule has 21 heavy (non-hydrogen) atoms. The second-order valence-electron chi connectivity index (χ2n) is 5.14. The van der Waals surface area contributed by atoms with Crippen LogP contribution in [0.4, 0.5) is 0 Å². The van der Waals surface area contributed by atoms with Gasteiger partial charge in [0.15, 0.2) is 17.6 Å². The van der Waals surface area contributed by atoms with Gasteiger partial charge in [-0.3, -0.25) is 4.79 Å². The van der Waals surface area contributed by atoms with E-state index in [0.717, 1.165) is 12.1 Å². The van der Waals surface area contributed by atoms with Crippen LogP contribution in [0.1, 0.15) is 25.3 Å². The van der Waals surface area contributed by atoms with Crippen LogP contribution in [0, 0.1) is 0 Å².